The first-order valence-electron chi connectivity index (χ1n) is 8.36. The Bertz CT molecular complexity index is 601. The van der Waals surface area contributed by atoms with Gasteiger partial charge in [0.05, 0.1) is 0 Å². The summed E-state index contributed by atoms with van der Waals surface area (Å²) < 4.78 is 0. The summed E-state index contributed by atoms with van der Waals surface area (Å²) in [6.45, 7) is 4.46. The molecule has 1 fully saturated rings. The summed E-state index contributed by atoms with van der Waals surface area (Å²) in [6.07, 6.45) is 1.85. The molecule has 0 aromatic heterocycles. The number of likely N-dealkylation sites (tertiary alicyclic amines) is 1. The largest absolute Gasteiger partial charge is 0.368 e. The van der Waals surface area contributed by atoms with Crippen molar-refractivity contribution in [3.63, 3.8) is 0 Å². The van der Waals surface area contributed by atoms with Gasteiger partial charge in [-0.2, -0.15) is 0 Å². The summed E-state index contributed by atoms with van der Waals surface area (Å²) in [5.74, 6) is -0.779. The Kier molecular flexibility index (Phi) is 5.95. The van der Waals surface area contributed by atoms with Gasteiger partial charge in [-0.1, -0.05) is 32.0 Å². The molecule has 1 saturated heterocycles. The molecule has 6 nitrogen and oxygen atoms in total. The van der Waals surface area contributed by atoms with Gasteiger partial charge in [-0.25, -0.2) is 0 Å². The van der Waals surface area contributed by atoms with Crippen LogP contribution in [0.5, 0.6) is 0 Å². The molecule has 1 aliphatic rings. The van der Waals surface area contributed by atoms with Gasteiger partial charge in [0.25, 0.3) is 5.91 Å². The highest BCUT2D eigenvalue weighted by molar-refractivity contribution is 5.98. The quantitative estimate of drug-likeness (QED) is 0.823. The van der Waals surface area contributed by atoms with E-state index in [0.29, 0.717) is 24.9 Å². The van der Waals surface area contributed by atoms with Gasteiger partial charge >= 0.3 is 0 Å². The normalized spacial score (nSPS) is 18.5. The molecule has 0 radical (unpaired) electrons. The molecule has 130 valence electrons. The minimum Gasteiger partial charge on any atom is -0.368 e. The Balaban J connectivity index is 2.07. The summed E-state index contributed by atoms with van der Waals surface area (Å²) in [5.41, 5.74) is 5.94. The third-order valence-electron chi connectivity index (χ3n) is 4.20. The van der Waals surface area contributed by atoms with Crippen LogP contribution in [0.1, 0.15) is 43.5 Å². The van der Waals surface area contributed by atoms with E-state index in [1.54, 1.807) is 29.2 Å². The Morgan fingerprint density at radius 1 is 1.25 bits per heavy atom. The van der Waals surface area contributed by atoms with Crippen LogP contribution in [0.15, 0.2) is 30.3 Å². The molecule has 0 saturated carbocycles. The van der Waals surface area contributed by atoms with Crippen LogP contribution in [0.2, 0.25) is 0 Å². The van der Waals surface area contributed by atoms with Crippen LogP contribution < -0.4 is 11.1 Å². The van der Waals surface area contributed by atoms with Crippen molar-refractivity contribution >= 4 is 17.7 Å². The second-order valence-corrected chi connectivity index (χ2v) is 6.62. The van der Waals surface area contributed by atoms with E-state index in [4.69, 9.17) is 5.73 Å². The number of amides is 3. The second kappa shape index (κ2) is 7.95. The molecule has 24 heavy (non-hydrogen) atoms. The monoisotopic (exact) mass is 331 g/mol. The van der Waals surface area contributed by atoms with Crippen molar-refractivity contribution in [3.8, 4) is 0 Å². The molecule has 3 N–H and O–H groups in total. The van der Waals surface area contributed by atoms with Gasteiger partial charge in [0.1, 0.15) is 12.1 Å². The van der Waals surface area contributed by atoms with Gasteiger partial charge in [0.15, 0.2) is 0 Å². The number of rotatable bonds is 6. The van der Waals surface area contributed by atoms with E-state index >= 15 is 0 Å². The number of carbonyl (C=O) groups excluding carboxylic acids is 3. The summed E-state index contributed by atoms with van der Waals surface area (Å²) in [7, 11) is 0. The first kappa shape index (κ1) is 18.0. The van der Waals surface area contributed by atoms with E-state index in [2.05, 4.69) is 5.32 Å². The Hall–Kier alpha value is -2.37. The first-order valence-corrected chi connectivity index (χ1v) is 8.36. The van der Waals surface area contributed by atoms with E-state index in [9.17, 15) is 14.4 Å². The molecule has 1 aromatic rings. The number of nitrogens with two attached hydrogens (primary N) is 1. The van der Waals surface area contributed by atoms with Crippen LogP contribution in [-0.4, -0.2) is 41.2 Å². The zero-order chi connectivity index (χ0) is 17.7. The van der Waals surface area contributed by atoms with Crippen molar-refractivity contribution in [2.45, 2.75) is 45.2 Å². The summed E-state index contributed by atoms with van der Waals surface area (Å²) >= 11 is 0. The molecular formula is C18H25N3O3. The molecule has 2 rings (SSSR count). The van der Waals surface area contributed by atoms with Crippen molar-refractivity contribution in [1.82, 2.24) is 10.2 Å². The standard InChI is InChI=1S/C18H25N3O3/c1-12(2)11-14(16(19)22)20-17(23)15-9-6-10-21(15)18(24)13-7-4-3-5-8-13/h3-5,7-8,12,14-15H,6,9-11H2,1-2H3,(H2,19,22)(H,20,23)/t14-,15-/m0/s1. The van der Waals surface area contributed by atoms with Gasteiger partial charge in [0, 0.05) is 12.1 Å². The van der Waals surface area contributed by atoms with Crippen molar-refractivity contribution in [1.29, 1.82) is 0 Å². The second-order valence-electron chi connectivity index (χ2n) is 6.62. The molecule has 1 heterocycles. The number of benzene rings is 1. The number of nitrogens with zero attached hydrogens (tertiary/aromatic N) is 1. The average Bonchev–Trinajstić information content (AvgIpc) is 3.03. The predicted molar refractivity (Wildman–Crippen MR) is 91.1 cm³/mol. The van der Waals surface area contributed by atoms with Crippen molar-refractivity contribution in [2.75, 3.05) is 6.54 Å². The van der Waals surface area contributed by atoms with Gasteiger partial charge < -0.3 is 16.0 Å². The molecule has 0 aliphatic carbocycles. The van der Waals surface area contributed by atoms with Crippen LogP contribution in [0.3, 0.4) is 0 Å². The van der Waals surface area contributed by atoms with Crippen LogP contribution >= 0.6 is 0 Å². The van der Waals surface area contributed by atoms with Crippen LogP contribution in [0.4, 0.5) is 0 Å². The maximum atomic E-state index is 12.6. The van der Waals surface area contributed by atoms with Crippen molar-refractivity contribution in [2.24, 2.45) is 11.7 Å². The zero-order valence-electron chi connectivity index (χ0n) is 14.2. The molecule has 0 unspecified atom stereocenters. The third-order valence-corrected chi connectivity index (χ3v) is 4.20. The summed E-state index contributed by atoms with van der Waals surface area (Å²) in [4.78, 5) is 38.3. The van der Waals surface area contributed by atoms with Gasteiger partial charge in [-0.15, -0.1) is 0 Å². The van der Waals surface area contributed by atoms with Gasteiger partial charge in [0.2, 0.25) is 11.8 Å². The smallest absolute Gasteiger partial charge is 0.254 e. The van der Waals surface area contributed by atoms with Gasteiger partial charge in [-0.05, 0) is 37.3 Å². The van der Waals surface area contributed by atoms with Gasteiger partial charge in [-0.3, -0.25) is 14.4 Å². The highest BCUT2D eigenvalue weighted by atomic mass is 16.2. The highest BCUT2D eigenvalue weighted by Gasteiger charge is 2.35. The Morgan fingerprint density at radius 2 is 1.92 bits per heavy atom. The molecule has 3 amide bonds. The van der Waals surface area contributed by atoms with Crippen LogP contribution in [0.25, 0.3) is 0 Å². The van der Waals surface area contributed by atoms with E-state index in [0.717, 1.165) is 6.42 Å². The van der Waals surface area contributed by atoms with E-state index < -0.39 is 18.0 Å². The zero-order valence-corrected chi connectivity index (χ0v) is 14.2. The lowest BCUT2D eigenvalue weighted by Crippen LogP contribution is -2.52. The van der Waals surface area contributed by atoms with Crippen molar-refractivity contribution in [3.05, 3.63) is 35.9 Å². The van der Waals surface area contributed by atoms with Crippen LogP contribution in [-0.2, 0) is 9.59 Å². The molecule has 1 aromatic carbocycles. The fourth-order valence-corrected chi connectivity index (χ4v) is 3.01. The van der Waals surface area contributed by atoms with Crippen LogP contribution in [0, 0.1) is 5.92 Å². The fraction of sp³-hybridized carbons (Fsp3) is 0.500. The maximum Gasteiger partial charge on any atom is 0.254 e. The van der Waals surface area contributed by atoms with Crippen molar-refractivity contribution < 1.29 is 14.4 Å². The molecule has 0 bridgehead atoms. The molecule has 0 spiro atoms. The molecule has 1 aliphatic heterocycles. The summed E-state index contributed by atoms with van der Waals surface area (Å²) in [6, 6.07) is 7.66. The lowest BCUT2D eigenvalue weighted by Gasteiger charge is -2.26. The molecular weight excluding hydrogens is 306 g/mol. The number of primary amides is 1. The van der Waals surface area contributed by atoms with E-state index in [-0.39, 0.29) is 17.7 Å². The Morgan fingerprint density at radius 3 is 2.50 bits per heavy atom. The number of hydrogen-bond acceptors (Lipinski definition) is 3. The maximum absolute atomic E-state index is 12.6. The summed E-state index contributed by atoms with van der Waals surface area (Å²) in [5, 5.41) is 2.72. The Labute approximate surface area is 142 Å². The number of hydrogen-bond donors (Lipinski definition) is 2. The minimum atomic E-state index is -0.702. The number of nitrogens with one attached hydrogen (secondary N) is 1. The number of carbonyl (C=O) groups is 3. The lowest BCUT2D eigenvalue weighted by molar-refractivity contribution is -0.130. The molecule has 6 heteroatoms. The molecule has 2 atom stereocenters. The fourth-order valence-electron chi connectivity index (χ4n) is 3.01. The third kappa shape index (κ3) is 4.34. The average molecular weight is 331 g/mol. The minimum absolute atomic E-state index is 0.160. The highest BCUT2D eigenvalue weighted by Crippen LogP contribution is 2.21. The topological polar surface area (TPSA) is 92.5 Å². The van der Waals surface area contributed by atoms with E-state index in [1.807, 2.05) is 19.9 Å². The lowest BCUT2D eigenvalue weighted by atomic mass is 10.0. The predicted octanol–water partition coefficient (Wildman–Crippen LogP) is 1.31. The SMILES string of the molecule is CC(C)C[C@H](NC(=O)[C@@H]1CCCN1C(=O)c1ccccc1)C(N)=O. The first-order chi connectivity index (χ1) is 11.4. The van der Waals surface area contributed by atoms with E-state index in [1.165, 1.54) is 0 Å².